The molecular weight excluding hydrogens is 669 g/mol. The summed E-state index contributed by atoms with van der Waals surface area (Å²) in [6.45, 7) is 0. The molecule has 260 valence electrons. The van der Waals surface area contributed by atoms with Crippen LogP contribution in [0, 0.1) is 0 Å². The number of furan rings is 1. The zero-order chi connectivity index (χ0) is 36.0. The Hall–Kier alpha value is -6.64. The molecule has 2 atom stereocenters. The molecule has 0 radical (unpaired) electrons. The van der Waals surface area contributed by atoms with E-state index in [0.29, 0.717) is 5.92 Å². The van der Waals surface area contributed by atoms with Crippen LogP contribution in [0.4, 0.5) is 0 Å². The topological polar surface area (TPSA) is 22.4 Å². The molecule has 1 aliphatic heterocycles. The van der Waals surface area contributed by atoms with Gasteiger partial charge < -0.3 is 9.15 Å². The fraction of sp³-hybridized carbons (Fsp3) is 0.0943. The standard InChI is InChI=1S/C53H36O2/c1-2-13-33-28-35(27-26-32(33)12-1)34-14-9-16-37(29-34)49-40-19-3-5-21-42(40)50(43-22-6-4-20-41(43)49)38-17-10-15-36(30-38)45-31-46-39-18-7-8-24-47(39)54-53(46)51-44-23-11-25-48(44)55-52(45)51/h1-10,12-22,24,26-31,44,48H,11,23,25H2. The Bertz CT molecular complexity index is 3130. The highest BCUT2D eigenvalue weighted by Gasteiger charge is 2.42. The molecule has 0 N–H and O–H groups in total. The van der Waals surface area contributed by atoms with Crippen molar-refractivity contribution in [3.8, 4) is 50.3 Å². The minimum Gasteiger partial charge on any atom is -0.489 e. The van der Waals surface area contributed by atoms with Crippen LogP contribution in [0.1, 0.15) is 30.7 Å². The van der Waals surface area contributed by atoms with Gasteiger partial charge in [-0.1, -0.05) is 140 Å². The molecular formula is C53H36O2. The van der Waals surface area contributed by atoms with Crippen molar-refractivity contribution in [3.63, 3.8) is 0 Å². The fourth-order valence-electron chi connectivity index (χ4n) is 9.91. The van der Waals surface area contributed by atoms with Gasteiger partial charge in [0, 0.05) is 27.8 Å². The van der Waals surface area contributed by atoms with Crippen LogP contribution in [0.15, 0.2) is 174 Å². The van der Waals surface area contributed by atoms with Crippen LogP contribution in [0.5, 0.6) is 5.75 Å². The number of fused-ring (bicyclic) bond motifs is 10. The molecule has 55 heavy (non-hydrogen) atoms. The van der Waals surface area contributed by atoms with Gasteiger partial charge >= 0.3 is 0 Å². The molecule has 2 aliphatic rings. The van der Waals surface area contributed by atoms with Gasteiger partial charge in [0.05, 0.1) is 0 Å². The van der Waals surface area contributed by atoms with Gasteiger partial charge in [-0.05, 0) is 121 Å². The Morgan fingerprint density at radius 2 is 1.00 bits per heavy atom. The predicted octanol–water partition coefficient (Wildman–Crippen LogP) is 14.7. The molecule has 9 aromatic carbocycles. The number of ether oxygens (including phenoxy) is 1. The van der Waals surface area contributed by atoms with Crippen molar-refractivity contribution < 1.29 is 9.15 Å². The van der Waals surface area contributed by atoms with Crippen molar-refractivity contribution >= 4 is 54.3 Å². The summed E-state index contributed by atoms with van der Waals surface area (Å²) in [4.78, 5) is 0. The number of benzene rings is 9. The lowest BCUT2D eigenvalue weighted by atomic mass is 9.84. The molecule has 2 heteroatoms. The monoisotopic (exact) mass is 704 g/mol. The van der Waals surface area contributed by atoms with Gasteiger partial charge in [-0.25, -0.2) is 0 Å². The van der Waals surface area contributed by atoms with Gasteiger partial charge in [0.25, 0.3) is 0 Å². The van der Waals surface area contributed by atoms with E-state index < -0.39 is 0 Å². The van der Waals surface area contributed by atoms with Crippen molar-refractivity contribution in [3.05, 3.63) is 175 Å². The van der Waals surface area contributed by atoms with Crippen LogP contribution in [0.3, 0.4) is 0 Å². The normalized spacial score (nSPS) is 16.3. The quantitative estimate of drug-likeness (QED) is 0.170. The third-order valence-corrected chi connectivity index (χ3v) is 12.4. The summed E-state index contributed by atoms with van der Waals surface area (Å²) in [5.74, 6) is 1.39. The van der Waals surface area contributed by atoms with E-state index >= 15 is 0 Å². The maximum atomic E-state index is 6.87. The summed E-state index contributed by atoms with van der Waals surface area (Å²) in [6, 6.07) is 62.2. The number of hydrogen-bond donors (Lipinski definition) is 0. The highest BCUT2D eigenvalue weighted by atomic mass is 16.5. The molecule has 1 saturated carbocycles. The lowest BCUT2D eigenvalue weighted by Crippen LogP contribution is -2.11. The van der Waals surface area contributed by atoms with Crippen LogP contribution < -0.4 is 4.74 Å². The second-order valence-corrected chi connectivity index (χ2v) is 15.4. The fourth-order valence-corrected chi connectivity index (χ4v) is 9.91. The summed E-state index contributed by atoms with van der Waals surface area (Å²) >= 11 is 0. The molecule has 0 spiro atoms. The maximum Gasteiger partial charge on any atom is 0.142 e. The third kappa shape index (κ3) is 4.68. The van der Waals surface area contributed by atoms with Gasteiger partial charge in [-0.3, -0.25) is 0 Å². The lowest BCUT2D eigenvalue weighted by molar-refractivity contribution is 0.226. The Labute approximate surface area is 319 Å². The van der Waals surface area contributed by atoms with Crippen LogP contribution >= 0.6 is 0 Å². The van der Waals surface area contributed by atoms with Gasteiger partial charge in [0.1, 0.15) is 23.0 Å². The first kappa shape index (κ1) is 30.8. The van der Waals surface area contributed by atoms with Crippen LogP contribution in [0.25, 0.3) is 98.8 Å². The van der Waals surface area contributed by atoms with E-state index in [1.807, 2.05) is 0 Å². The van der Waals surface area contributed by atoms with Crippen molar-refractivity contribution in [2.24, 2.45) is 0 Å². The highest BCUT2D eigenvalue weighted by Crippen LogP contribution is 2.55. The van der Waals surface area contributed by atoms with Crippen molar-refractivity contribution in [2.75, 3.05) is 0 Å². The average molecular weight is 705 g/mol. The first-order valence-corrected chi connectivity index (χ1v) is 19.6. The van der Waals surface area contributed by atoms with Crippen LogP contribution in [-0.2, 0) is 0 Å². The van der Waals surface area contributed by atoms with Crippen molar-refractivity contribution in [1.82, 2.24) is 0 Å². The molecule has 0 amide bonds. The first-order valence-electron chi connectivity index (χ1n) is 19.6. The highest BCUT2D eigenvalue weighted by molar-refractivity contribution is 6.21. The molecule has 2 nitrogen and oxygen atoms in total. The molecule has 1 fully saturated rings. The minimum atomic E-state index is 0.218. The summed E-state index contributed by atoms with van der Waals surface area (Å²) in [5, 5.41) is 9.85. The number of hydrogen-bond acceptors (Lipinski definition) is 2. The van der Waals surface area contributed by atoms with Gasteiger partial charge in [0.15, 0.2) is 0 Å². The Morgan fingerprint density at radius 1 is 0.418 bits per heavy atom. The zero-order valence-electron chi connectivity index (χ0n) is 30.3. The second-order valence-electron chi connectivity index (χ2n) is 15.4. The van der Waals surface area contributed by atoms with E-state index in [1.165, 1.54) is 88.6 Å². The minimum absolute atomic E-state index is 0.218. The lowest BCUT2D eigenvalue weighted by Gasteiger charge is -2.19. The molecule has 1 aliphatic carbocycles. The predicted molar refractivity (Wildman–Crippen MR) is 229 cm³/mol. The van der Waals surface area contributed by atoms with Gasteiger partial charge in [-0.2, -0.15) is 0 Å². The van der Waals surface area contributed by atoms with E-state index in [-0.39, 0.29) is 6.10 Å². The van der Waals surface area contributed by atoms with E-state index in [4.69, 9.17) is 9.15 Å². The largest absolute Gasteiger partial charge is 0.489 e. The van der Waals surface area contributed by atoms with Crippen LogP contribution in [0.2, 0.25) is 0 Å². The van der Waals surface area contributed by atoms with E-state index in [9.17, 15) is 0 Å². The molecule has 2 heterocycles. The molecule has 12 rings (SSSR count). The first-order chi connectivity index (χ1) is 27.3. The van der Waals surface area contributed by atoms with E-state index in [2.05, 4.69) is 170 Å². The van der Waals surface area contributed by atoms with Gasteiger partial charge in [-0.15, -0.1) is 0 Å². The van der Waals surface area contributed by atoms with Gasteiger partial charge in [0.2, 0.25) is 0 Å². The maximum absolute atomic E-state index is 6.87. The Balaban J connectivity index is 1.06. The SMILES string of the molecule is c1cc(-c2ccc3ccccc3c2)cc(-c2c3ccccc3c(-c3cccc(-c4cc5c(oc6ccccc65)c5c4OC4CCCC54)c3)c3ccccc23)c1. The zero-order valence-corrected chi connectivity index (χ0v) is 30.3. The molecule has 0 bridgehead atoms. The van der Waals surface area contributed by atoms with E-state index in [0.717, 1.165) is 40.7 Å². The summed E-state index contributed by atoms with van der Waals surface area (Å²) in [6.07, 6.45) is 3.65. The number of para-hydroxylation sites is 1. The van der Waals surface area contributed by atoms with Crippen molar-refractivity contribution in [1.29, 1.82) is 0 Å². The third-order valence-electron chi connectivity index (χ3n) is 12.4. The summed E-state index contributed by atoms with van der Waals surface area (Å²) in [5.41, 5.74) is 12.9. The Morgan fingerprint density at radius 3 is 1.73 bits per heavy atom. The van der Waals surface area contributed by atoms with Crippen LogP contribution in [-0.4, -0.2) is 6.10 Å². The second kappa shape index (κ2) is 11.9. The molecule has 10 aromatic rings. The smallest absolute Gasteiger partial charge is 0.142 e. The summed E-state index contributed by atoms with van der Waals surface area (Å²) in [7, 11) is 0. The van der Waals surface area contributed by atoms with Crippen molar-refractivity contribution in [2.45, 2.75) is 31.3 Å². The van der Waals surface area contributed by atoms with E-state index in [1.54, 1.807) is 0 Å². The molecule has 2 unspecified atom stereocenters. The summed E-state index contributed by atoms with van der Waals surface area (Å²) < 4.78 is 13.5. The molecule has 0 saturated heterocycles. The average Bonchev–Trinajstić information content (AvgIpc) is 3.96. The Kier molecular flexibility index (Phi) is 6.68. The number of rotatable bonds is 4. The molecule has 1 aromatic heterocycles.